The molecule has 0 N–H and O–H groups in total. The highest BCUT2D eigenvalue weighted by Gasteiger charge is 2.30. The maximum absolute atomic E-state index is 13.1. The van der Waals surface area contributed by atoms with Crippen LogP contribution in [0.1, 0.15) is 41.2 Å². The number of halogens is 3. The summed E-state index contributed by atoms with van der Waals surface area (Å²) >= 11 is 0. The Balaban J connectivity index is 1.78. The topological polar surface area (TPSA) is 47.4 Å². The SMILES string of the molecule is COc1cccc(C(=O)N(Cc2nccn2Cc2ccc(C(F)(F)F)cc2)C(C)C)c1. The summed E-state index contributed by atoms with van der Waals surface area (Å²) in [4.78, 5) is 19.2. The molecule has 1 heterocycles. The van der Waals surface area contributed by atoms with E-state index in [1.807, 2.05) is 18.4 Å². The minimum absolute atomic E-state index is 0.0880. The quantitative estimate of drug-likeness (QED) is 0.528. The molecule has 0 spiro atoms. The summed E-state index contributed by atoms with van der Waals surface area (Å²) in [7, 11) is 1.54. The zero-order valence-corrected chi connectivity index (χ0v) is 17.6. The number of alkyl halides is 3. The van der Waals surface area contributed by atoms with Gasteiger partial charge in [-0.3, -0.25) is 4.79 Å². The van der Waals surface area contributed by atoms with Crippen LogP contribution in [0.4, 0.5) is 13.2 Å². The van der Waals surface area contributed by atoms with Crippen LogP contribution in [0.3, 0.4) is 0 Å². The second-order valence-corrected chi connectivity index (χ2v) is 7.42. The van der Waals surface area contributed by atoms with Crippen LogP contribution in [0.25, 0.3) is 0 Å². The van der Waals surface area contributed by atoms with Crippen molar-refractivity contribution in [3.63, 3.8) is 0 Å². The van der Waals surface area contributed by atoms with Gasteiger partial charge in [0.2, 0.25) is 0 Å². The Hall–Kier alpha value is -3.29. The Labute approximate surface area is 179 Å². The van der Waals surface area contributed by atoms with Gasteiger partial charge in [-0.05, 0) is 49.7 Å². The van der Waals surface area contributed by atoms with E-state index in [1.165, 1.54) is 12.1 Å². The normalized spacial score (nSPS) is 11.6. The van der Waals surface area contributed by atoms with Crippen LogP contribution in [-0.4, -0.2) is 33.5 Å². The standard InChI is InChI=1S/C23H24F3N3O2/c1-16(2)29(22(30)18-5-4-6-20(13-18)31-3)15-21-27-11-12-28(21)14-17-7-9-19(10-8-17)23(24,25)26/h4-13,16H,14-15H2,1-3H3. The Morgan fingerprint density at radius 2 is 1.87 bits per heavy atom. The van der Waals surface area contributed by atoms with E-state index in [0.717, 1.165) is 12.1 Å². The number of nitrogens with zero attached hydrogens (tertiary/aromatic N) is 3. The van der Waals surface area contributed by atoms with Crippen LogP contribution >= 0.6 is 0 Å². The Kier molecular flexibility index (Phi) is 6.68. The van der Waals surface area contributed by atoms with Crippen molar-refractivity contribution in [3.8, 4) is 5.75 Å². The lowest BCUT2D eigenvalue weighted by Gasteiger charge is -2.27. The van der Waals surface area contributed by atoms with Gasteiger partial charge in [0.15, 0.2) is 0 Å². The molecule has 0 fully saturated rings. The van der Waals surface area contributed by atoms with Crippen LogP contribution in [0.15, 0.2) is 60.9 Å². The van der Waals surface area contributed by atoms with E-state index in [-0.39, 0.29) is 18.5 Å². The van der Waals surface area contributed by atoms with Crippen molar-refractivity contribution in [1.29, 1.82) is 0 Å². The van der Waals surface area contributed by atoms with Gasteiger partial charge in [-0.15, -0.1) is 0 Å². The van der Waals surface area contributed by atoms with E-state index < -0.39 is 11.7 Å². The van der Waals surface area contributed by atoms with Gasteiger partial charge in [-0.1, -0.05) is 18.2 Å². The molecule has 3 aromatic rings. The Morgan fingerprint density at radius 1 is 1.16 bits per heavy atom. The maximum Gasteiger partial charge on any atom is 0.416 e. The summed E-state index contributed by atoms with van der Waals surface area (Å²) in [5, 5.41) is 0. The minimum Gasteiger partial charge on any atom is -0.497 e. The van der Waals surface area contributed by atoms with Gasteiger partial charge < -0.3 is 14.2 Å². The van der Waals surface area contributed by atoms with E-state index in [9.17, 15) is 18.0 Å². The average molecular weight is 431 g/mol. The molecule has 164 valence electrons. The molecule has 0 saturated carbocycles. The third-order valence-corrected chi connectivity index (χ3v) is 4.95. The zero-order chi connectivity index (χ0) is 22.6. The first-order chi connectivity index (χ1) is 14.7. The monoisotopic (exact) mass is 431 g/mol. The second kappa shape index (κ2) is 9.24. The number of ether oxygens (including phenoxy) is 1. The third kappa shape index (κ3) is 5.45. The molecule has 0 aliphatic heterocycles. The molecule has 0 bridgehead atoms. The number of methoxy groups -OCH3 is 1. The van der Waals surface area contributed by atoms with Gasteiger partial charge in [-0.25, -0.2) is 4.98 Å². The molecule has 1 amide bonds. The number of hydrogen-bond donors (Lipinski definition) is 0. The molecule has 0 saturated heterocycles. The smallest absolute Gasteiger partial charge is 0.416 e. The summed E-state index contributed by atoms with van der Waals surface area (Å²) in [5.41, 5.74) is 0.535. The summed E-state index contributed by atoms with van der Waals surface area (Å²) in [6.07, 6.45) is -0.994. The fraction of sp³-hybridized carbons (Fsp3) is 0.304. The Bertz CT molecular complexity index is 1030. The molecule has 2 aromatic carbocycles. The highest BCUT2D eigenvalue weighted by atomic mass is 19.4. The third-order valence-electron chi connectivity index (χ3n) is 4.95. The first kappa shape index (κ1) is 22.4. The fourth-order valence-electron chi connectivity index (χ4n) is 3.19. The number of hydrogen-bond acceptors (Lipinski definition) is 3. The summed E-state index contributed by atoms with van der Waals surface area (Å²) < 4.78 is 45.4. The van der Waals surface area contributed by atoms with Gasteiger partial charge in [0, 0.05) is 30.5 Å². The molecule has 3 rings (SSSR count). The number of carbonyl (C=O) groups is 1. The van der Waals surface area contributed by atoms with Crippen LogP contribution in [-0.2, 0) is 19.3 Å². The molecule has 0 radical (unpaired) electrons. The molecule has 0 aliphatic rings. The van der Waals surface area contributed by atoms with Crippen LogP contribution < -0.4 is 4.74 Å². The number of rotatable bonds is 7. The molecule has 0 atom stereocenters. The molecule has 31 heavy (non-hydrogen) atoms. The van der Waals surface area contributed by atoms with Crippen LogP contribution in [0.2, 0.25) is 0 Å². The van der Waals surface area contributed by atoms with Gasteiger partial charge in [0.1, 0.15) is 11.6 Å². The van der Waals surface area contributed by atoms with Crippen LogP contribution in [0, 0.1) is 0 Å². The number of aromatic nitrogens is 2. The van der Waals surface area contributed by atoms with Gasteiger partial charge in [0.05, 0.1) is 19.2 Å². The first-order valence-corrected chi connectivity index (χ1v) is 9.80. The molecule has 1 aromatic heterocycles. The van der Waals surface area contributed by atoms with Gasteiger partial charge in [0.25, 0.3) is 5.91 Å². The summed E-state index contributed by atoms with van der Waals surface area (Å²) in [6, 6.07) is 11.9. The van der Waals surface area contributed by atoms with E-state index in [1.54, 1.807) is 48.7 Å². The molecule has 0 aliphatic carbocycles. The van der Waals surface area contributed by atoms with Crippen LogP contribution in [0.5, 0.6) is 5.75 Å². The van der Waals surface area contributed by atoms with Gasteiger partial charge in [-0.2, -0.15) is 13.2 Å². The summed E-state index contributed by atoms with van der Waals surface area (Å²) in [6.45, 7) is 4.45. The van der Waals surface area contributed by atoms with Crippen molar-refractivity contribution in [2.45, 2.75) is 39.2 Å². The largest absolute Gasteiger partial charge is 0.497 e. The van der Waals surface area contributed by atoms with E-state index >= 15 is 0 Å². The molecule has 5 nitrogen and oxygen atoms in total. The average Bonchev–Trinajstić information content (AvgIpc) is 3.17. The minimum atomic E-state index is -4.36. The fourth-order valence-corrected chi connectivity index (χ4v) is 3.19. The second-order valence-electron chi connectivity index (χ2n) is 7.42. The molecule has 8 heteroatoms. The highest BCUT2D eigenvalue weighted by Crippen LogP contribution is 2.29. The predicted octanol–water partition coefficient (Wildman–Crippen LogP) is 5.01. The molecule has 0 unspecified atom stereocenters. The number of carbonyl (C=O) groups excluding carboxylic acids is 1. The van der Waals surface area contributed by atoms with Gasteiger partial charge >= 0.3 is 6.18 Å². The molecular weight excluding hydrogens is 407 g/mol. The number of imidazole rings is 1. The van der Waals surface area contributed by atoms with Crippen molar-refractivity contribution in [2.75, 3.05) is 7.11 Å². The van der Waals surface area contributed by atoms with Crippen molar-refractivity contribution >= 4 is 5.91 Å². The van der Waals surface area contributed by atoms with E-state index in [0.29, 0.717) is 29.2 Å². The van der Waals surface area contributed by atoms with E-state index in [2.05, 4.69) is 4.98 Å². The van der Waals surface area contributed by atoms with Crippen molar-refractivity contribution in [2.24, 2.45) is 0 Å². The highest BCUT2D eigenvalue weighted by molar-refractivity contribution is 5.94. The predicted molar refractivity (Wildman–Crippen MR) is 111 cm³/mol. The molecular formula is C23H24F3N3O2. The number of amides is 1. The van der Waals surface area contributed by atoms with E-state index in [4.69, 9.17) is 4.74 Å². The van der Waals surface area contributed by atoms with Crippen molar-refractivity contribution < 1.29 is 22.7 Å². The maximum atomic E-state index is 13.1. The lowest BCUT2D eigenvalue weighted by Crippen LogP contribution is -2.37. The lowest BCUT2D eigenvalue weighted by molar-refractivity contribution is -0.137. The first-order valence-electron chi connectivity index (χ1n) is 9.80. The van der Waals surface area contributed by atoms with Crippen molar-refractivity contribution in [3.05, 3.63) is 83.4 Å². The Morgan fingerprint density at radius 3 is 2.48 bits per heavy atom. The van der Waals surface area contributed by atoms with Crippen molar-refractivity contribution in [1.82, 2.24) is 14.5 Å². The number of benzene rings is 2. The summed E-state index contributed by atoms with van der Waals surface area (Å²) in [5.74, 6) is 1.08. The zero-order valence-electron chi connectivity index (χ0n) is 17.6. The lowest BCUT2D eigenvalue weighted by atomic mass is 10.1.